The van der Waals surface area contributed by atoms with Gasteiger partial charge in [-0.2, -0.15) is 0 Å². The van der Waals surface area contributed by atoms with Gasteiger partial charge in [0.25, 0.3) is 5.91 Å². The second kappa shape index (κ2) is 6.99. The number of halogens is 1. The van der Waals surface area contributed by atoms with E-state index in [1.54, 1.807) is 19.2 Å². The zero-order chi connectivity index (χ0) is 16.9. The third-order valence-corrected chi connectivity index (χ3v) is 3.37. The number of nitrogens with zero attached hydrogens (tertiary/aromatic N) is 2. The first-order chi connectivity index (χ1) is 11.6. The molecule has 7 heteroatoms. The van der Waals surface area contributed by atoms with Gasteiger partial charge in [0, 0.05) is 7.05 Å². The van der Waals surface area contributed by atoms with Crippen LogP contribution in [0, 0.1) is 5.82 Å². The minimum Gasteiger partial charge on any atom is -0.492 e. The third kappa shape index (κ3) is 3.45. The molecule has 0 saturated heterocycles. The molecule has 0 fully saturated rings. The molecule has 2 heterocycles. The van der Waals surface area contributed by atoms with Crippen LogP contribution in [0.5, 0.6) is 5.75 Å². The molecule has 1 aromatic carbocycles. The molecule has 124 valence electrons. The van der Waals surface area contributed by atoms with Gasteiger partial charge in [0.05, 0.1) is 12.8 Å². The van der Waals surface area contributed by atoms with E-state index in [2.05, 4.69) is 4.98 Å². The van der Waals surface area contributed by atoms with Gasteiger partial charge in [-0.1, -0.05) is 0 Å². The van der Waals surface area contributed by atoms with Crippen LogP contribution < -0.4 is 4.74 Å². The molecule has 6 nitrogen and oxygen atoms in total. The number of furan rings is 1. The minimum atomic E-state index is -0.328. The first-order valence-corrected chi connectivity index (χ1v) is 7.26. The molecule has 24 heavy (non-hydrogen) atoms. The number of carbonyl (C=O) groups is 1. The highest BCUT2D eigenvalue weighted by Gasteiger charge is 2.23. The van der Waals surface area contributed by atoms with Gasteiger partial charge in [-0.15, -0.1) is 0 Å². The summed E-state index contributed by atoms with van der Waals surface area (Å²) in [6.07, 6.45) is 2.69. The van der Waals surface area contributed by atoms with Crippen molar-refractivity contribution in [2.75, 3.05) is 20.2 Å². The molecule has 0 saturated carbocycles. The van der Waals surface area contributed by atoms with Crippen LogP contribution in [0.15, 0.2) is 57.9 Å². The molecule has 0 N–H and O–H groups in total. The van der Waals surface area contributed by atoms with Gasteiger partial charge >= 0.3 is 0 Å². The molecule has 3 aromatic rings. The summed E-state index contributed by atoms with van der Waals surface area (Å²) in [6.45, 7) is 0.600. The highest BCUT2D eigenvalue weighted by molar-refractivity contribution is 5.96. The second-order valence-electron chi connectivity index (χ2n) is 5.04. The van der Waals surface area contributed by atoms with E-state index in [4.69, 9.17) is 13.6 Å². The zero-order valence-electron chi connectivity index (χ0n) is 12.9. The molecular formula is C17H15FN2O4. The lowest BCUT2D eigenvalue weighted by Crippen LogP contribution is -2.31. The number of likely N-dealkylation sites (N-methyl/N-ethyl adjacent to an activating group) is 1. The second-order valence-corrected chi connectivity index (χ2v) is 5.04. The number of carbonyl (C=O) groups excluding carboxylic acids is 1. The number of benzene rings is 1. The predicted molar refractivity (Wildman–Crippen MR) is 83.1 cm³/mol. The number of ether oxygens (including phenoxy) is 1. The molecule has 3 rings (SSSR count). The summed E-state index contributed by atoms with van der Waals surface area (Å²) in [6, 6.07) is 9.08. The first-order valence-electron chi connectivity index (χ1n) is 7.26. The topological polar surface area (TPSA) is 68.7 Å². The lowest BCUT2D eigenvalue weighted by molar-refractivity contribution is 0.0768. The number of oxazole rings is 1. The monoisotopic (exact) mass is 330 g/mol. The van der Waals surface area contributed by atoms with Crippen LogP contribution in [0.1, 0.15) is 10.5 Å². The smallest absolute Gasteiger partial charge is 0.276 e. The van der Waals surface area contributed by atoms with Crippen molar-refractivity contribution in [1.82, 2.24) is 9.88 Å². The van der Waals surface area contributed by atoms with Gasteiger partial charge < -0.3 is 18.5 Å². The Hall–Kier alpha value is -3.09. The Morgan fingerprint density at radius 2 is 2.04 bits per heavy atom. The van der Waals surface area contributed by atoms with Crippen LogP contribution in [0.2, 0.25) is 0 Å². The number of amides is 1. The van der Waals surface area contributed by atoms with E-state index in [9.17, 15) is 9.18 Å². The number of rotatable bonds is 6. The van der Waals surface area contributed by atoms with Crippen LogP contribution >= 0.6 is 0 Å². The Kier molecular flexibility index (Phi) is 4.60. The van der Waals surface area contributed by atoms with Crippen LogP contribution in [-0.2, 0) is 0 Å². The number of hydrogen-bond donors (Lipinski definition) is 0. The third-order valence-electron chi connectivity index (χ3n) is 3.37. The molecular weight excluding hydrogens is 315 g/mol. The molecule has 0 aliphatic carbocycles. The largest absolute Gasteiger partial charge is 0.492 e. The van der Waals surface area contributed by atoms with Crippen molar-refractivity contribution in [3.63, 3.8) is 0 Å². The van der Waals surface area contributed by atoms with Crippen molar-refractivity contribution in [3.8, 4) is 17.3 Å². The van der Waals surface area contributed by atoms with E-state index in [0.29, 0.717) is 18.1 Å². The van der Waals surface area contributed by atoms with Crippen molar-refractivity contribution >= 4 is 5.91 Å². The maximum absolute atomic E-state index is 12.8. The summed E-state index contributed by atoms with van der Waals surface area (Å²) < 4.78 is 28.8. The molecule has 2 aromatic heterocycles. The lowest BCUT2D eigenvalue weighted by Gasteiger charge is -2.16. The van der Waals surface area contributed by atoms with E-state index >= 15 is 0 Å². The van der Waals surface area contributed by atoms with E-state index in [1.807, 2.05) is 0 Å². The standard InChI is InChI=1S/C17H15FN2O4/c1-20(8-10-22-13-6-4-12(18)5-7-13)17(21)15-16(24-11-19-15)14-3-2-9-23-14/h2-7,9,11H,8,10H2,1H3. The van der Waals surface area contributed by atoms with Crippen molar-refractivity contribution in [1.29, 1.82) is 0 Å². The quantitative estimate of drug-likeness (QED) is 0.694. The van der Waals surface area contributed by atoms with Crippen molar-refractivity contribution in [3.05, 3.63) is 60.6 Å². The van der Waals surface area contributed by atoms with Crippen LogP contribution in [0.25, 0.3) is 11.5 Å². The van der Waals surface area contributed by atoms with E-state index in [-0.39, 0.29) is 29.8 Å². The molecule has 0 spiro atoms. The summed E-state index contributed by atoms with van der Waals surface area (Å²) >= 11 is 0. The van der Waals surface area contributed by atoms with Gasteiger partial charge in [0.2, 0.25) is 5.76 Å². The van der Waals surface area contributed by atoms with Crippen molar-refractivity contribution < 1.29 is 22.8 Å². The predicted octanol–water partition coefficient (Wildman–Crippen LogP) is 3.22. The number of aromatic nitrogens is 1. The van der Waals surface area contributed by atoms with Gasteiger partial charge in [-0.3, -0.25) is 4.79 Å². The van der Waals surface area contributed by atoms with E-state index < -0.39 is 0 Å². The van der Waals surface area contributed by atoms with Gasteiger partial charge in [-0.25, -0.2) is 9.37 Å². The average Bonchev–Trinajstić information content (AvgIpc) is 3.26. The first kappa shape index (κ1) is 15.8. The van der Waals surface area contributed by atoms with Crippen molar-refractivity contribution in [2.24, 2.45) is 0 Å². The molecule has 0 unspecified atom stereocenters. The van der Waals surface area contributed by atoms with Gasteiger partial charge in [-0.05, 0) is 36.4 Å². The SMILES string of the molecule is CN(CCOc1ccc(F)cc1)C(=O)c1ncoc1-c1ccco1. The van der Waals surface area contributed by atoms with E-state index in [0.717, 1.165) is 0 Å². The fraction of sp³-hybridized carbons (Fsp3) is 0.176. The normalized spacial score (nSPS) is 10.6. The Morgan fingerprint density at radius 3 is 2.75 bits per heavy atom. The summed E-state index contributed by atoms with van der Waals surface area (Å²) in [4.78, 5) is 17.9. The van der Waals surface area contributed by atoms with Crippen molar-refractivity contribution in [2.45, 2.75) is 0 Å². The maximum atomic E-state index is 12.8. The highest BCUT2D eigenvalue weighted by Crippen LogP contribution is 2.24. The van der Waals surface area contributed by atoms with E-state index in [1.165, 1.54) is 41.8 Å². The summed E-state index contributed by atoms with van der Waals surface area (Å²) in [5, 5.41) is 0. The van der Waals surface area contributed by atoms with Crippen LogP contribution in [0.4, 0.5) is 4.39 Å². The number of hydrogen-bond acceptors (Lipinski definition) is 5. The van der Waals surface area contributed by atoms with Gasteiger partial charge in [0.1, 0.15) is 18.2 Å². The molecule has 0 radical (unpaired) electrons. The fourth-order valence-electron chi connectivity index (χ4n) is 2.09. The van der Waals surface area contributed by atoms with Crippen LogP contribution in [0.3, 0.4) is 0 Å². The summed E-state index contributed by atoms with van der Waals surface area (Å²) in [5.41, 5.74) is 0.175. The highest BCUT2D eigenvalue weighted by atomic mass is 19.1. The zero-order valence-corrected chi connectivity index (χ0v) is 12.9. The summed E-state index contributed by atoms with van der Waals surface area (Å²) in [5.74, 6) is 0.627. The Balaban J connectivity index is 1.59. The Labute approximate surface area is 137 Å². The minimum absolute atomic E-state index is 0.175. The molecule has 0 bridgehead atoms. The molecule has 0 aliphatic rings. The molecule has 0 aliphatic heterocycles. The molecule has 1 amide bonds. The average molecular weight is 330 g/mol. The Bertz CT molecular complexity index is 796. The summed E-state index contributed by atoms with van der Waals surface area (Å²) in [7, 11) is 1.64. The molecule has 0 atom stereocenters. The Morgan fingerprint density at radius 1 is 1.25 bits per heavy atom. The van der Waals surface area contributed by atoms with Crippen LogP contribution in [-0.4, -0.2) is 36.0 Å². The lowest BCUT2D eigenvalue weighted by atomic mass is 10.2. The maximum Gasteiger partial charge on any atom is 0.276 e. The fourth-order valence-corrected chi connectivity index (χ4v) is 2.09. The van der Waals surface area contributed by atoms with Gasteiger partial charge in [0.15, 0.2) is 17.8 Å².